The number of aromatic nitrogens is 2. The highest BCUT2D eigenvalue weighted by atomic mass is 35.5. The molecule has 158 valence electrons. The van der Waals surface area contributed by atoms with Gasteiger partial charge in [0.2, 0.25) is 0 Å². The van der Waals surface area contributed by atoms with E-state index in [-0.39, 0.29) is 22.8 Å². The third kappa shape index (κ3) is 4.76. The van der Waals surface area contributed by atoms with Crippen molar-refractivity contribution in [2.75, 3.05) is 0 Å². The van der Waals surface area contributed by atoms with Crippen molar-refractivity contribution in [1.82, 2.24) is 15.1 Å². The van der Waals surface area contributed by atoms with Crippen molar-refractivity contribution in [3.8, 4) is 5.69 Å². The number of amides is 1. The summed E-state index contributed by atoms with van der Waals surface area (Å²) in [5.41, 5.74) is -2.53. The molecule has 11 heteroatoms. The minimum Gasteiger partial charge on any atom is -0.347 e. The van der Waals surface area contributed by atoms with Gasteiger partial charge in [0, 0.05) is 12.6 Å². The number of rotatable bonds is 4. The summed E-state index contributed by atoms with van der Waals surface area (Å²) >= 11 is 6.01. The number of alkyl halides is 6. The highest BCUT2D eigenvalue weighted by molar-refractivity contribution is 6.32. The molecule has 1 amide bonds. The number of carbonyl (C=O) groups is 1. The monoisotopic (exact) mass is 447 g/mol. The average molecular weight is 448 g/mol. The summed E-state index contributed by atoms with van der Waals surface area (Å²) in [6.07, 6.45) is -9.38. The predicted molar refractivity (Wildman–Crippen MR) is 96.2 cm³/mol. The summed E-state index contributed by atoms with van der Waals surface area (Å²) in [4.78, 5) is 12.5. The smallest absolute Gasteiger partial charge is 0.347 e. The third-order valence-corrected chi connectivity index (χ3v) is 4.34. The molecule has 0 saturated heterocycles. The van der Waals surface area contributed by atoms with Crippen molar-refractivity contribution >= 4 is 17.5 Å². The van der Waals surface area contributed by atoms with E-state index in [1.807, 2.05) is 0 Å². The lowest BCUT2D eigenvalue weighted by Crippen LogP contribution is -2.25. The van der Waals surface area contributed by atoms with Crippen LogP contribution in [0.3, 0.4) is 0 Å². The summed E-state index contributed by atoms with van der Waals surface area (Å²) in [6.45, 7) is -0.336. The minimum atomic E-state index is -4.82. The average Bonchev–Trinajstić information content (AvgIpc) is 3.12. The van der Waals surface area contributed by atoms with Crippen molar-refractivity contribution in [2.45, 2.75) is 18.9 Å². The molecule has 0 atom stereocenters. The Morgan fingerprint density at radius 3 is 2.30 bits per heavy atom. The van der Waals surface area contributed by atoms with Crippen LogP contribution < -0.4 is 5.32 Å². The predicted octanol–water partition coefficient (Wildman–Crippen LogP) is 5.49. The number of benzene rings is 2. The Balaban J connectivity index is 1.91. The van der Waals surface area contributed by atoms with E-state index in [0.29, 0.717) is 6.07 Å². The molecule has 0 radical (unpaired) electrons. The molecular weight excluding hydrogens is 436 g/mol. The highest BCUT2D eigenvalue weighted by Crippen LogP contribution is 2.31. The Kier molecular flexibility index (Phi) is 5.80. The van der Waals surface area contributed by atoms with Gasteiger partial charge in [-0.3, -0.25) is 4.79 Å². The second kappa shape index (κ2) is 8.02. The molecular formula is C19H12ClF6N3O. The van der Waals surface area contributed by atoms with Gasteiger partial charge in [-0.25, -0.2) is 4.68 Å². The van der Waals surface area contributed by atoms with Crippen LogP contribution in [0, 0.1) is 0 Å². The standard InChI is InChI=1S/C19H12ClF6N3O/c20-13-6-1-2-7-14(13)29-15(9-16(28-29)19(24,25)26)17(30)27-10-11-4-3-5-12(8-11)18(21,22)23/h1-9H,10H2,(H,27,30). The van der Waals surface area contributed by atoms with Gasteiger partial charge in [-0.1, -0.05) is 35.9 Å². The maximum atomic E-state index is 13.1. The Labute approximate surface area is 171 Å². The largest absolute Gasteiger partial charge is 0.435 e. The first-order valence-electron chi connectivity index (χ1n) is 8.33. The van der Waals surface area contributed by atoms with Crippen LogP contribution in [0.25, 0.3) is 5.69 Å². The van der Waals surface area contributed by atoms with Crippen LogP contribution in [-0.2, 0) is 18.9 Å². The van der Waals surface area contributed by atoms with Crippen molar-refractivity contribution in [3.63, 3.8) is 0 Å². The fraction of sp³-hybridized carbons (Fsp3) is 0.158. The molecule has 0 fully saturated rings. The van der Waals surface area contributed by atoms with Gasteiger partial charge in [0.25, 0.3) is 5.91 Å². The van der Waals surface area contributed by atoms with E-state index in [4.69, 9.17) is 11.6 Å². The Morgan fingerprint density at radius 2 is 1.67 bits per heavy atom. The lowest BCUT2D eigenvalue weighted by Gasteiger charge is -2.11. The molecule has 0 aliphatic heterocycles. The molecule has 3 aromatic rings. The van der Waals surface area contributed by atoms with Crippen LogP contribution in [0.15, 0.2) is 54.6 Å². The van der Waals surface area contributed by atoms with Crippen LogP contribution in [0.2, 0.25) is 5.02 Å². The number of halogens is 7. The molecule has 0 aliphatic carbocycles. The molecule has 1 aromatic heterocycles. The van der Waals surface area contributed by atoms with Gasteiger partial charge in [-0.15, -0.1) is 0 Å². The van der Waals surface area contributed by atoms with Crippen molar-refractivity contribution < 1.29 is 31.1 Å². The third-order valence-electron chi connectivity index (χ3n) is 4.02. The molecule has 0 saturated carbocycles. The molecule has 4 nitrogen and oxygen atoms in total. The van der Waals surface area contributed by atoms with Crippen molar-refractivity contribution in [2.24, 2.45) is 0 Å². The summed E-state index contributed by atoms with van der Waals surface area (Å²) in [5, 5.41) is 5.80. The lowest BCUT2D eigenvalue weighted by molar-refractivity contribution is -0.141. The molecule has 0 aliphatic rings. The summed E-state index contributed by atoms with van der Waals surface area (Å²) < 4.78 is 78.5. The minimum absolute atomic E-state index is 0.0406. The molecule has 30 heavy (non-hydrogen) atoms. The van der Waals surface area contributed by atoms with E-state index in [9.17, 15) is 31.1 Å². The fourth-order valence-electron chi connectivity index (χ4n) is 2.62. The fourth-order valence-corrected chi connectivity index (χ4v) is 2.83. The first kappa shape index (κ1) is 21.7. The van der Waals surface area contributed by atoms with Gasteiger partial charge >= 0.3 is 12.4 Å². The number of para-hydroxylation sites is 1. The second-order valence-electron chi connectivity index (χ2n) is 6.16. The van der Waals surface area contributed by atoms with Gasteiger partial charge in [-0.2, -0.15) is 31.4 Å². The molecule has 0 spiro atoms. The molecule has 0 unspecified atom stereocenters. The zero-order chi connectivity index (χ0) is 22.1. The summed E-state index contributed by atoms with van der Waals surface area (Å²) in [6, 6.07) is 10.6. The van der Waals surface area contributed by atoms with E-state index < -0.39 is 35.2 Å². The molecule has 3 rings (SSSR count). The second-order valence-corrected chi connectivity index (χ2v) is 6.56. The van der Waals surface area contributed by atoms with Gasteiger partial charge in [0.1, 0.15) is 5.69 Å². The SMILES string of the molecule is O=C(NCc1cccc(C(F)(F)F)c1)c1cc(C(F)(F)F)nn1-c1ccccc1Cl. The number of hydrogen-bond acceptors (Lipinski definition) is 2. The van der Waals surface area contributed by atoms with Crippen molar-refractivity contribution in [3.05, 3.63) is 82.1 Å². The van der Waals surface area contributed by atoms with E-state index in [2.05, 4.69) is 10.4 Å². The van der Waals surface area contributed by atoms with E-state index in [1.54, 1.807) is 6.07 Å². The van der Waals surface area contributed by atoms with E-state index in [0.717, 1.165) is 16.8 Å². The molecule has 0 bridgehead atoms. The number of nitrogens with one attached hydrogen (secondary N) is 1. The molecule has 2 aromatic carbocycles. The first-order chi connectivity index (χ1) is 14.0. The van der Waals surface area contributed by atoms with E-state index in [1.165, 1.54) is 30.3 Å². The zero-order valence-electron chi connectivity index (χ0n) is 14.9. The summed E-state index contributed by atoms with van der Waals surface area (Å²) in [7, 11) is 0. The Morgan fingerprint density at radius 1 is 0.967 bits per heavy atom. The zero-order valence-corrected chi connectivity index (χ0v) is 15.6. The maximum absolute atomic E-state index is 13.1. The van der Waals surface area contributed by atoms with Crippen molar-refractivity contribution in [1.29, 1.82) is 0 Å². The van der Waals surface area contributed by atoms with Gasteiger partial charge < -0.3 is 5.32 Å². The molecule has 1 heterocycles. The number of carbonyl (C=O) groups excluding carboxylic acids is 1. The summed E-state index contributed by atoms with van der Waals surface area (Å²) in [5.74, 6) is -0.963. The lowest BCUT2D eigenvalue weighted by atomic mass is 10.1. The molecule has 1 N–H and O–H groups in total. The van der Waals surface area contributed by atoms with Crippen LogP contribution in [0.4, 0.5) is 26.3 Å². The van der Waals surface area contributed by atoms with E-state index >= 15 is 0 Å². The number of hydrogen-bond donors (Lipinski definition) is 1. The normalized spacial score (nSPS) is 12.1. The first-order valence-corrected chi connectivity index (χ1v) is 8.71. The topological polar surface area (TPSA) is 46.9 Å². The number of nitrogens with zero attached hydrogens (tertiary/aromatic N) is 2. The van der Waals surface area contributed by atoms with Crippen LogP contribution in [-0.4, -0.2) is 15.7 Å². The maximum Gasteiger partial charge on any atom is 0.435 e. The Hall–Kier alpha value is -3.01. The van der Waals surface area contributed by atoms with Gasteiger partial charge in [-0.05, 0) is 29.8 Å². The van der Waals surface area contributed by atoms with Crippen LogP contribution >= 0.6 is 11.6 Å². The van der Waals surface area contributed by atoms with Gasteiger partial charge in [0.15, 0.2) is 5.69 Å². The van der Waals surface area contributed by atoms with Crippen LogP contribution in [0.1, 0.15) is 27.3 Å². The highest BCUT2D eigenvalue weighted by Gasteiger charge is 2.36. The van der Waals surface area contributed by atoms with Gasteiger partial charge in [0.05, 0.1) is 16.3 Å². The van der Waals surface area contributed by atoms with Crippen LogP contribution in [0.5, 0.6) is 0 Å². The Bertz CT molecular complexity index is 1070. The quantitative estimate of drug-likeness (QED) is 0.537.